The first kappa shape index (κ1) is 20.7. The van der Waals surface area contributed by atoms with Crippen LogP contribution in [0.4, 0.5) is 0 Å². The first-order valence-corrected chi connectivity index (χ1v) is 11.6. The zero-order valence-corrected chi connectivity index (χ0v) is 19.1. The van der Waals surface area contributed by atoms with E-state index in [4.69, 9.17) is 9.72 Å². The molecule has 0 radical (unpaired) electrons. The van der Waals surface area contributed by atoms with Crippen molar-refractivity contribution in [3.05, 3.63) is 71.4 Å². The lowest BCUT2D eigenvalue weighted by atomic mass is 10.1. The third-order valence-corrected chi connectivity index (χ3v) is 7.00. The summed E-state index contributed by atoms with van der Waals surface area (Å²) in [5.41, 5.74) is 4.06. The summed E-state index contributed by atoms with van der Waals surface area (Å²) in [6, 6.07) is 16.1. The molecule has 1 aliphatic heterocycles. The Morgan fingerprint density at radius 2 is 1.81 bits per heavy atom. The minimum absolute atomic E-state index is 0.122. The van der Waals surface area contributed by atoms with Crippen molar-refractivity contribution in [3.63, 3.8) is 0 Å². The maximum absolute atomic E-state index is 13.2. The molecule has 164 valence electrons. The van der Waals surface area contributed by atoms with Crippen molar-refractivity contribution < 1.29 is 9.53 Å². The van der Waals surface area contributed by atoms with Crippen molar-refractivity contribution in [3.8, 4) is 16.3 Å². The van der Waals surface area contributed by atoms with Crippen LogP contribution in [0.5, 0.6) is 5.75 Å². The normalized spacial score (nSPS) is 14.8. The molecule has 1 amide bonds. The fourth-order valence-corrected chi connectivity index (χ4v) is 5.08. The van der Waals surface area contributed by atoms with Gasteiger partial charge in [0.1, 0.15) is 10.8 Å². The molecule has 3 heterocycles. The summed E-state index contributed by atoms with van der Waals surface area (Å²) in [6.45, 7) is 3.98. The summed E-state index contributed by atoms with van der Waals surface area (Å²) in [7, 11) is 3.66. The van der Waals surface area contributed by atoms with Gasteiger partial charge in [0.25, 0.3) is 5.91 Å². The number of fused-ring (bicyclic) bond motifs is 1. The van der Waals surface area contributed by atoms with Gasteiger partial charge in [-0.1, -0.05) is 18.2 Å². The highest BCUT2D eigenvalue weighted by molar-refractivity contribution is 7.13. The molecular formula is C25H26N4O2S. The van der Waals surface area contributed by atoms with Gasteiger partial charge in [-0.15, -0.1) is 11.3 Å². The number of hydrogen-bond acceptors (Lipinski definition) is 5. The molecule has 2 aromatic heterocycles. The predicted octanol–water partition coefficient (Wildman–Crippen LogP) is 4.27. The van der Waals surface area contributed by atoms with Crippen LogP contribution < -0.4 is 4.74 Å². The largest absolute Gasteiger partial charge is 0.497 e. The molecule has 32 heavy (non-hydrogen) atoms. The van der Waals surface area contributed by atoms with Gasteiger partial charge >= 0.3 is 0 Å². The van der Waals surface area contributed by atoms with Gasteiger partial charge in [-0.25, -0.2) is 4.98 Å². The number of benzene rings is 2. The fraction of sp³-hybridized carbons (Fsp3) is 0.280. The topological polar surface area (TPSA) is 50.6 Å². The van der Waals surface area contributed by atoms with Crippen molar-refractivity contribution in [2.24, 2.45) is 7.05 Å². The van der Waals surface area contributed by atoms with Gasteiger partial charge in [0.05, 0.1) is 18.4 Å². The van der Waals surface area contributed by atoms with E-state index in [0.717, 1.165) is 71.2 Å². The van der Waals surface area contributed by atoms with Crippen LogP contribution >= 0.6 is 11.3 Å². The molecule has 0 spiro atoms. The molecule has 1 aliphatic rings. The molecule has 0 unspecified atom stereocenters. The number of aromatic nitrogens is 2. The maximum atomic E-state index is 13.2. The first-order valence-electron chi connectivity index (χ1n) is 10.8. The summed E-state index contributed by atoms with van der Waals surface area (Å²) in [5.74, 6) is 0.971. The zero-order valence-electron chi connectivity index (χ0n) is 18.3. The van der Waals surface area contributed by atoms with Crippen LogP contribution in [0, 0.1) is 0 Å². The van der Waals surface area contributed by atoms with Gasteiger partial charge in [0.2, 0.25) is 0 Å². The van der Waals surface area contributed by atoms with Crippen LogP contribution in [0.15, 0.2) is 60.1 Å². The summed E-state index contributed by atoms with van der Waals surface area (Å²) >= 11 is 1.67. The average molecular weight is 447 g/mol. The van der Waals surface area contributed by atoms with Gasteiger partial charge in [-0.2, -0.15) is 0 Å². The molecule has 4 aromatic rings. The maximum Gasteiger partial charge on any atom is 0.256 e. The Morgan fingerprint density at radius 3 is 2.56 bits per heavy atom. The molecule has 1 saturated heterocycles. The summed E-state index contributed by atoms with van der Waals surface area (Å²) in [4.78, 5) is 22.3. The number of para-hydroxylation sites is 1. The molecule has 0 aliphatic carbocycles. The Bertz CT molecular complexity index is 1240. The van der Waals surface area contributed by atoms with Crippen molar-refractivity contribution in [1.82, 2.24) is 19.4 Å². The van der Waals surface area contributed by atoms with Crippen LogP contribution in [-0.4, -0.2) is 58.5 Å². The van der Waals surface area contributed by atoms with Gasteiger partial charge in [-0.3, -0.25) is 9.69 Å². The van der Waals surface area contributed by atoms with Crippen LogP contribution in [0.3, 0.4) is 0 Å². The van der Waals surface area contributed by atoms with Crippen LogP contribution in [0.2, 0.25) is 0 Å². The third-order valence-electron chi connectivity index (χ3n) is 6.06. The van der Waals surface area contributed by atoms with E-state index in [9.17, 15) is 4.79 Å². The Balaban J connectivity index is 1.21. The second kappa shape index (κ2) is 8.76. The number of carbonyl (C=O) groups excluding carboxylic acids is 1. The number of amides is 1. The van der Waals surface area contributed by atoms with Crippen molar-refractivity contribution in [2.45, 2.75) is 6.54 Å². The van der Waals surface area contributed by atoms with E-state index in [0.29, 0.717) is 0 Å². The van der Waals surface area contributed by atoms with E-state index < -0.39 is 0 Å². The van der Waals surface area contributed by atoms with E-state index >= 15 is 0 Å². The van der Waals surface area contributed by atoms with Crippen LogP contribution in [0.25, 0.3) is 21.5 Å². The number of aryl methyl sites for hydroxylation is 1. The molecule has 6 nitrogen and oxygen atoms in total. The van der Waals surface area contributed by atoms with Crippen molar-refractivity contribution >= 4 is 28.1 Å². The van der Waals surface area contributed by atoms with E-state index in [1.165, 1.54) is 0 Å². The van der Waals surface area contributed by atoms with Crippen LogP contribution in [-0.2, 0) is 13.6 Å². The molecule has 7 heteroatoms. The fourth-order valence-electron chi connectivity index (χ4n) is 4.27. The summed E-state index contributed by atoms with van der Waals surface area (Å²) in [5, 5.41) is 4.18. The SMILES string of the molecule is COc1ccc(-c2nc(CN3CCN(C(=O)c4cn(C)c5ccccc45)CC3)cs2)cc1. The number of nitrogens with zero attached hydrogens (tertiary/aromatic N) is 4. The molecule has 5 rings (SSSR count). The molecule has 2 aromatic carbocycles. The van der Waals surface area contributed by atoms with E-state index in [-0.39, 0.29) is 5.91 Å². The number of rotatable bonds is 5. The minimum Gasteiger partial charge on any atom is -0.497 e. The summed E-state index contributed by atoms with van der Waals surface area (Å²) < 4.78 is 7.26. The van der Waals surface area contributed by atoms with Gasteiger partial charge in [-0.05, 0) is 30.3 Å². The number of piperazine rings is 1. The standard InChI is InChI=1S/C25H26N4O2S/c1-27-16-22(21-5-3-4-6-23(21)27)25(30)29-13-11-28(12-14-29)15-19-17-32-24(26-19)18-7-9-20(31-2)10-8-18/h3-10,16-17H,11-15H2,1-2H3. The second-order valence-electron chi connectivity index (χ2n) is 8.11. The Morgan fingerprint density at radius 1 is 1.06 bits per heavy atom. The van der Waals surface area contributed by atoms with Crippen molar-refractivity contribution in [2.75, 3.05) is 33.3 Å². The lowest BCUT2D eigenvalue weighted by Gasteiger charge is -2.34. The Labute approximate surface area is 191 Å². The number of ether oxygens (including phenoxy) is 1. The highest BCUT2D eigenvalue weighted by Gasteiger charge is 2.25. The quantitative estimate of drug-likeness (QED) is 0.459. The molecule has 1 fully saturated rings. The lowest BCUT2D eigenvalue weighted by molar-refractivity contribution is 0.0629. The highest BCUT2D eigenvalue weighted by atomic mass is 32.1. The average Bonchev–Trinajstić information content (AvgIpc) is 3.44. The van der Waals surface area contributed by atoms with Crippen LogP contribution in [0.1, 0.15) is 16.1 Å². The predicted molar refractivity (Wildman–Crippen MR) is 128 cm³/mol. The first-order chi connectivity index (χ1) is 15.6. The number of carbonyl (C=O) groups is 1. The number of hydrogen-bond donors (Lipinski definition) is 0. The molecule has 0 saturated carbocycles. The minimum atomic E-state index is 0.122. The Hall–Kier alpha value is -3.16. The van der Waals surface area contributed by atoms with Gasteiger partial charge in [0.15, 0.2) is 0 Å². The monoisotopic (exact) mass is 446 g/mol. The summed E-state index contributed by atoms with van der Waals surface area (Å²) in [6.07, 6.45) is 1.95. The zero-order chi connectivity index (χ0) is 22.1. The third kappa shape index (κ3) is 4.01. The molecular weight excluding hydrogens is 420 g/mol. The second-order valence-corrected chi connectivity index (χ2v) is 8.97. The molecule has 0 atom stereocenters. The number of thiazole rings is 1. The number of methoxy groups -OCH3 is 1. The van der Waals surface area contributed by atoms with Gasteiger partial charge in [0, 0.05) is 67.8 Å². The molecule has 0 N–H and O–H groups in total. The van der Waals surface area contributed by atoms with E-state index in [1.54, 1.807) is 18.4 Å². The van der Waals surface area contributed by atoms with Crippen molar-refractivity contribution in [1.29, 1.82) is 0 Å². The molecule has 0 bridgehead atoms. The van der Waals surface area contributed by atoms with Gasteiger partial charge < -0.3 is 14.2 Å². The lowest BCUT2D eigenvalue weighted by Crippen LogP contribution is -2.48. The Kier molecular flexibility index (Phi) is 5.68. The smallest absolute Gasteiger partial charge is 0.256 e. The van der Waals surface area contributed by atoms with E-state index in [1.807, 2.05) is 65.2 Å². The highest BCUT2D eigenvalue weighted by Crippen LogP contribution is 2.27. The van der Waals surface area contributed by atoms with E-state index in [2.05, 4.69) is 16.3 Å².